The van der Waals surface area contributed by atoms with Gasteiger partial charge in [0.1, 0.15) is 0 Å². The van der Waals surface area contributed by atoms with Gasteiger partial charge in [0.15, 0.2) is 5.11 Å². The molecule has 1 heterocycles. The lowest BCUT2D eigenvalue weighted by molar-refractivity contribution is -0.115. The Morgan fingerprint density at radius 3 is 2.47 bits per heavy atom. The molecule has 0 radical (unpaired) electrons. The van der Waals surface area contributed by atoms with E-state index in [4.69, 9.17) is 35.4 Å². The number of thiocarbonyl (C=S) groups is 1. The third-order valence-corrected chi connectivity index (χ3v) is 5.67. The van der Waals surface area contributed by atoms with Crippen molar-refractivity contribution in [2.45, 2.75) is 6.92 Å². The number of anilines is 2. The Morgan fingerprint density at radius 2 is 1.80 bits per heavy atom. The molecular formula is C22H24Cl2N4OS. The van der Waals surface area contributed by atoms with Gasteiger partial charge in [-0.3, -0.25) is 10.1 Å². The Balaban J connectivity index is 1.63. The summed E-state index contributed by atoms with van der Waals surface area (Å²) in [7, 11) is 0. The minimum Gasteiger partial charge on any atom is -0.366 e. The van der Waals surface area contributed by atoms with E-state index in [2.05, 4.69) is 27.4 Å². The highest BCUT2D eigenvalue weighted by molar-refractivity contribution is 7.80. The van der Waals surface area contributed by atoms with Crippen LogP contribution in [0.15, 0.2) is 48.5 Å². The molecule has 30 heavy (non-hydrogen) atoms. The first-order valence-electron chi connectivity index (χ1n) is 9.77. The highest BCUT2D eigenvalue weighted by Crippen LogP contribution is 2.34. The van der Waals surface area contributed by atoms with E-state index in [0.29, 0.717) is 10.0 Å². The Hall–Kier alpha value is -2.12. The molecule has 1 aliphatic rings. The molecule has 0 bridgehead atoms. The molecule has 8 heteroatoms. The third kappa shape index (κ3) is 6.19. The first kappa shape index (κ1) is 22.6. The molecule has 0 aromatic heterocycles. The van der Waals surface area contributed by atoms with E-state index in [1.165, 1.54) is 6.08 Å². The number of amides is 1. The van der Waals surface area contributed by atoms with Crippen molar-refractivity contribution in [3.63, 3.8) is 0 Å². The summed E-state index contributed by atoms with van der Waals surface area (Å²) in [6, 6.07) is 12.8. The average Bonchev–Trinajstić information content (AvgIpc) is 2.73. The zero-order valence-corrected chi connectivity index (χ0v) is 19.0. The number of likely N-dealkylation sites (N-methyl/N-ethyl adjacent to an activating group) is 1. The minimum atomic E-state index is -0.317. The van der Waals surface area contributed by atoms with Gasteiger partial charge in [-0.05, 0) is 54.7 Å². The molecule has 1 aliphatic heterocycles. The Morgan fingerprint density at radius 1 is 1.10 bits per heavy atom. The first-order valence-corrected chi connectivity index (χ1v) is 10.9. The van der Waals surface area contributed by atoms with Crippen LogP contribution in [0.3, 0.4) is 0 Å². The van der Waals surface area contributed by atoms with Gasteiger partial charge in [-0.2, -0.15) is 0 Å². The van der Waals surface area contributed by atoms with Crippen LogP contribution in [-0.2, 0) is 4.79 Å². The summed E-state index contributed by atoms with van der Waals surface area (Å²) in [6.45, 7) is 6.95. The topological polar surface area (TPSA) is 47.6 Å². The number of carbonyl (C=O) groups excluding carboxylic acids is 1. The molecule has 0 aliphatic carbocycles. The van der Waals surface area contributed by atoms with E-state index in [0.717, 1.165) is 49.7 Å². The van der Waals surface area contributed by atoms with Gasteiger partial charge in [-0.25, -0.2) is 0 Å². The number of piperazine rings is 1. The van der Waals surface area contributed by atoms with E-state index in [1.807, 2.05) is 30.3 Å². The molecular weight excluding hydrogens is 439 g/mol. The van der Waals surface area contributed by atoms with Crippen molar-refractivity contribution in [1.82, 2.24) is 10.2 Å². The quantitative estimate of drug-likeness (QED) is 0.499. The predicted molar refractivity (Wildman–Crippen MR) is 131 cm³/mol. The summed E-state index contributed by atoms with van der Waals surface area (Å²) >= 11 is 17.7. The van der Waals surface area contributed by atoms with Crippen LogP contribution in [0.1, 0.15) is 12.5 Å². The van der Waals surface area contributed by atoms with Crippen molar-refractivity contribution < 1.29 is 4.79 Å². The lowest BCUT2D eigenvalue weighted by Gasteiger charge is -2.37. The van der Waals surface area contributed by atoms with Gasteiger partial charge in [0.05, 0.1) is 16.4 Å². The third-order valence-electron chi connectivity index (χ3n) is 4.90. The smallest absolute Gasteiger partial charge is 0.250 e. The highest BCUT2D eigenvalue weighted by Gasteiger charge is 2.21. The van der Waals surface area contributed by atoms with Crippen molar-refractivity contribution in [3.05, 3.63) is 64.1 Å². The summed E-state index contributed by atoms with van der Waals surface area (Å²) in [5.41, 5.74) is 2.56. The van der Waals surface area contributed by atoms with Gasteiger partial charge in [0.25, 0.3) is 0 Å². The molecule has 1 fully saturated rings. The zero-order chi connectivity index (χ0) is 21.5. The van der Waals surface area contributed by atoms with Crippen molar-refractivity contribution in [2.75, 3.05) is 42.9 Å². The standard InChI is InChI=1S/C22H24Cl2N4OS/c1-2-27-12-14-28(15-13-27)21-18(24)4-3-5-19(21)25-22(30)26-20(29)11-8-16-6-9-17(23)10-7-16/h3-11H,2,12-15H2,1H3,(H2,25,26,29,30). The monoisotopic (exact) mass is 462 g/mol. The van der Waals surface area contributed by atoms with E-state index in [1.54, 1.807) is 18.2 Å². The maximum atomic E-state index is 12.2. The van der Waals surface area contributed by atoms with Gasteiger partial charge < -0.3 is 15.1 Å². The lowest BCUT2D eigenvalue weighted by Crippen LogP contribution is -2.46. The van der Waals surface area contributed by atoms with Crippen LogP contribution in [0.5, 0.6) is 0 Å². The maximum absolute atomic E-state index is 12.2. The fourth-order valence-corrected chi connectivity index (χ4v) is 3.91. The molecule has 0 unspecified atom stereocenters. The van der Waals surface area contributed by atoms with Crippen LogP contribution in [0.4, 0.5) is 11.4 Å². The van der Waals surface area contributed by atoms with E-state index < -0.39 is 0 Å². The van der Waals surface area contributed by atoms with Crippen molar-refractivity contribution in [1.29, 1.82) is 0 Å². The Labute approximate surface area is 192 Å². The number of para-hydroxylation sites is 1. The number of hydrogen-bond donors (Lipinski definition) is 2. The summed E-state index contributed by atoms with van der Waals surface area (Å²) in [4.78, 5) is 16.9. The number of benzene rings is 2. The van der Waals surface area contributed by atoms with Crippen molar-refractivity contribution in [2.24, 2.45) is 0 Å². The fourth-order valence-electron chi connectivity index (χ4n) is 3.28. The molecule has 5 nitrogen and oxygen atoms in total. The summed E-state index contributed by atoms with van der Waals surface area (Å²) in [6.07, 6.45) is 3.13. The van der Waals surface area contributed by atoms with Crippen LogP contribution in [0, 0.1) is 0 Å². The van der Waals surface area contributed by atoms with Crippen LogP contribution < -0.4 is 15.5 Å². The fraction of sp³-hybridized carbons (Fsp3) is 0.273. The number of carbonyl (C=O) groups is 1. The second-order valence-corrected chi connectivity index (χ2v) is 8.14. The van der Waals surface area contributed by atoms with Gasteiger partial charge in [-0.15, -0.1) is 0 Å². The number of nitrogens with one attached hydrogen (secondary N) is 2. The average molecular weight is 463 g/mol. The van der Waals surface area contributed by atoms with Crippen LogP contribution in [0.25, 0.3) is 6.08 Å². The molecule has 2 aromatic carbocycles. The molecule has 1 amide bonds. The summed E-state index contributed by atoms with van der Waals surface area (Å²) < 4.78 is 0. The minimum absolute atomic E-state index is 0.219. The molecule has 0 atom stereocenters. The number of halogens is 2. The molecule has 158 valence electrons. The Bertz CT molecular complexity index is 925. The molecule has 1 saturated heterocycles. The summed E-state index contributed by atoms with van der Waals surface area (Å²) in [5, 5.41) is 7.32. The van der Waals surface area contributed by atoms with E-state index in [9.17, 15) is 4.79 Å². The molecule has 0 spiro atoms. The lowest BCUT2D eigenvalue weighted by atomic mass is 10.2. The zero-order valence-electron chi connectivity index (χ0n) is 16.7. The van der Waals surface area contributed by atoms with E-state index >= 15 is 0 Å². The van der Waals surface area contributed by atoms with Gasteiger partial charge in [0.2, 0.25) is 5.91 Å². The SMILES string of the molecule is CCN1CCN(c2c(Cl)cccc2NC(=S)NC(=O)C=Cc2ccc(Cl)cc2)CC1. The molecule has 2 aromatic rings. The van der Waals surface area contributed by atoms with Crippen LogP contribution in [0.2, 0.25) is 10.0 Å². The first-order chi connectivity index (χ1) is 14.5. The van der Waals surface area contributed by atoms with Gasteiger partial charge >= 0.3 is 0 Å². The number of rotatable bonds is 5. The molecule has 2 N–H and O–H groups in total. The molecule has 0 saturated carbocycles. The van der Waals surface area contributed by atoms with E-state index in [-0.39, 0.29) is 11.0 Å². The van der Waals surface area contributed by atoms with Crippen LogP contribution >= 0.6 is 35.4 Å². The number of hydrogen-bond acceptors (Lipinski definition) is 4. The van der Waals surface area contributed by atoms with Gasteiger partial charge in [-0.1, -0.05) is 48.3 Å². The van der Waals surface area contributed by atoms with Crippen LogP contribution in [-0.4, -0.2) is 48.6 Å². The molecule has 3 rings (SSSR count). The van der Waals surface area contributed by atoms with Gasteiger partial charge in [0, 0.05) is 37.3 Å². The normalized spacial score (nSPS) is 14.7. The Kier molecular flexibility index (Phi) is 8.10. The van der Waals surface area contributed by atoms with Crippen molar-refractivity contribution in [3.8, 4) is 0 Å². The maximum Gasteiger partial charge on any atom is 0.250 e. The highest BCUT2D eigenvalue weighted by atomic mass is 35.5. The summed E-state index contributed by atoms with van der Waals surface area (Å²) in [5.74, 6) is -0.317. The predicted octanol–water partition coefficient (Wildman–Crippen LogP) is 4.66. The number of nitrogens with zero attached hydrogens (tertiary/aromatic N) is 2. The second kappa shape index (κ2) is 10.8. The van der Waals surface area contributed by atoms with Crippen molar-refractivity contribution >= 4 is 63.9 Å². The largest absolute Gasteiger partial charge is 0.366 e. The second-order valence-electron chi connectivity index (χ2n) is 6.89.